The summed E-state index contributed by atoms with van der Waals surface area (Å²) in [4.78, 5) is 0. The molecule has 0 radical (unpaired) electrons. The Kier molecular flexibility index (Phi) is 9.02. The fourth-order valence-corrected chi connectivity index (χ4v) is 2.26. The molecule has 0 rings (SSSR count). The standard InChI is InChI=1S/C15H33N/c1-7-10-16-15(13(6)12(4)5)11-14(8-2)9-3/h12-16H,7-11H2,1-6H3. The van der Waals surface area contributed by atoms with Gasteiger partial charge >= 0.3 is 0 Å². The van der Waals surface area contributed by atoms with E-state index >= 15 is 0 Å². The SMILES string of the molecule is CCCNC(CC(CC)CC)C(C)C(C)C. The van der Waals surface area contributed by atoms with Gasteiger partial charge in [-0.15, -0.1) is 0 Å². The largest absolute Gasteiger partial charge is 0.314 e. The Morgan fingerprint density at radius 2 is 1.50 bits per heavy atom. The third-order valence-electron chi connectivity index (χ3n) is 4.08. The van der Waals surface area contributed by atoms with Crippen molar-refractivity contribution in [2.45, 2.75) is 73.3 Å². The summed E-state index contributed by atoms with van der Waals surface area (Å²) in [5, 5.41) is 3.75. The summed E-state index contributed by atoms with van der Waals surface area (Å²) >= 11 is 0. The highest BCUT2D eigenvalue weighted by molar-refractivity contribution is 4.78. The molecule has 0 aliphatic heterocycles. The third-order valence-corrected chi connectivity index (χ3v) is 4.08. The molecule has 1 nitrogen and oxygen atoms in total. The van der Waals surface area contributed by atoms with Crippen molar-refractivity contribution < 1.29 is 0 Å². The minimum Gasteiger partial charge on any atom is -0.314 e. The van der Waals surface area contributed by atoms with Crippen molar-refractivity contribution in [1.82, 2.24) is 5.32 Å². The van der Waals surface area contributed by atoms with E-state index in [1.54, 1.807) is 0 Å². The lowest BCUT2D eigenvalue weighted by Gasteiger charge is -2.31. The molecule has 0 fully saturated rings. The number of hydrogen-bond acceptors (Lipinski definition) is 1. The fourth-order valence-electron chi connectivity index (χ4n) is 2.26. The lowest BCUT2D eigenvalue weighted by Crippen LogP contribution is -2.39. The van der Waals surface area contributed by atoms with E-state index in [1.165, 1.54) is 32.2 Å². The lowest BCUT2D eigenvalue weighted by molar-refractivity contribution is 0.248. The molecule has 16 heavy (non-hydrogen) atoms. The molecule has 1 heteroatoms. The molecule has 0 spiro atoms. The van der Waals surface area contributed by atoms with Gasteiger partial charge in [-0.25, -0.2) is 0 Å². The van der Waals surface area contributed by atoms with Crippen molar-refractivity contribution >= 4 is 0 Å². The molecule has 0 aliphatic carbocycles. The van der Waals surface area contributed by atoms with E-state index in [9.17, 15) is 0 Å². The van der Waals surface area contributed by atoms with Gasteiger partial charge in [0.25, 0.3) is 0 Å². The Bertz CT molecular complexity index is 150. The van der Waals surface area contributed by atoms with Gasteiger partial charge in [0.05, 0.1) is 0 Å². The predicted octanol–water partition coefficient (Wildman–Crippen LogP) is 4.47. The molecule has 0 saturated heterocycles. The fraction of sp³-hybridized carbons (Fsp3) is 1.00. The van der Waals surface area contributed by atoms with Crippen LogP contribution < -0.4 is 5.32 Å². The van der Waals surface area contributed by atoms with Crippen LogP contribution in [0.5, 0.6) is 0 Å². The lowest BCUT2D eigenvalue weighted by atomic mass is 9.83. The van der Waals surface area contributed by atoms with Crippen molar-refractivity contribution in [3.63, 3.8) is 0 Å². The number of nitrogens with one attached hydrogen (secondary N) is 1. The summed E-state index contributed by atoms with van der Waals surface area (Å²) in [6, 6.07) is 0.713. The maximum absolute atomic E-state index is 3.75. The second-order valence-electron chi connectivity index (χ2n) is 5.58. The van der Waals surface area contributed by atoms with Gasteiger partial charge in [-0.1, -0.05) is 54.4 Å². The first kappa shape index (κ1) is 16.0. The van der Waals surface area contributed by atoms with Gasteiger partial charge in [0.1, 0.15) is 0 Å². The van der Waals surface area contributed by atoms with Crippen LogP contribution in [0.1, 0.15) is 67.2 Å². The molecule has 0 aliphatic rings. The second-order valence-corrected chi connectivity index (χ2v) is 5.58. The summed E-state index contributed by atoms with van der Waals surface area (Å²) in [5.74, 6) is 2.46. The number of rotatable bonds is 9. The normalized spacial score (nSPS) is 15.8. The third kappa shape index (κ3) is 5.89. The minimum atomic E-state index is 0.713. The Balaban J connectivity index is 4.28. The maximum atomic E-state index is 3.75. The topological polar surface area (TPSA) is 12.0 Å². The van der Waals surface area contributed by atoms with Crippen LogP contribution in [0.25, 0.3) is 0 Å². The van der Waals surface area contributed by atoms with Crippen LogP contribution >= 0.6 is 0 Å². The maximum Gasteiger partial charge on any atom is 0.00977 e. The zero-order valence-electron chi connectivity index (χ0n) is 12.3. The molecule has 0 heterocycles. The van der Waals surface area contributed by atoms with Crippen molar-refractivity contribution in [3.8, 4) is 0 Å². The molecule has 0 aromatic rings. The van der Waals surface area contributed by atoms with Crippen LogP contribution in [-0.4, -0.2) is 12.6 Å². The monoisotopic (exact) mass is 227 g/mol. The van der Waals surface area contributed by atoms with Gasteiger partial charge in [-0.05, 0) is 37.1 Å². The molecule has 98 valence electrons. The van der Waals surface area contributed by atoms with Crippen LogP contribution in [0, 0.1) is 17.8 Å². The van der Waals surface area contributed by atoms with E-state index in [2.05, 4.69) is 46.9 Å². The van der Waals surface area contributed by atoms with Crippen LogP contribution in [0.4, 0.5) is 0 Å². The van der Waals surface area contributed by atoms with Crippen LogP contribution in [-0.2, 0) is 0 Å². The molecule has 2 unspecified atom stereocenters. The zero-order valence-corrected chi connectivity index (χ0v) is 12.3. The van der Waals surface area contributed by atoms with Crippen LogP contribution in [0.2, 0.25) is 0 Å². The van der Waals surface area contributed by atoms with Crippen LogP contribution in [0.15, 0.2) is 0 Å². The first-order valence-electron chi connectivity index (χ1n) is 7.30. The molecular formula is C15H33N. The molecule has 2 atom stereocenters. The number of hydrogen-bond donors (Lipinski definition) is 1. The summed E-state index contributed by atoms with van der Waals surface area (Å²) in [7, 11) is 0. The van der Waals surface area contributed by atoms with Crippen molar-refractivity contribution in [1.29, 1.82) is 0 Å². The second kappa shape index (κ2) is 9.04. The summed E-state index contributed by atoms with van der Waals surface area (Å²) in [5.41, 5.74) is 0. The van der Waals surface area contributed by atoms with Crippen LogP contribution in [0.3, 0.4) is 0 Å². The van der Waals surface area contributed by atoms with Gasteiger partial charge < -0.3 is 5.32 Å². The van der Waals surface area contributed by atoms with E-state index in [4.69, 9.17) is 0 Å². The molecular weight excluding hydrogens is 194 g/mol. The molecule has 0 bridgehead atoms. The molecule has 0 amide bonds. The Hall–Kier alpha value is -0.0400. The Morgan fingerprint density at radius 1 is 0.938 bits per heavy atom. The molecule has 0 saturated carbocycles. The van der Waals surface area contributed by atoms with Gasteiger partial charge in [-0.3, -0.25) is 0 Å². The quantitative estimate of drug-likeness (QED) is 0.612. The van der Waals surface area contributed by atoms with E-state index in [1.807, 2.05) is 0 Å². The van der Waals surface area contributed by atoms with E-state index < -0.39 is 0 Å². The average Bonchev–Trinajstić information content (AvgIpc) is 2.28. The van der Waals surface area contributed by atoms with Gasteiger partial charge in [-0.2, -0.15) is 0 Å². The predicted molar refractivity (Wildman–Crippen MR) is 74.8 cm³/mol. The molecule has 0 aromatic heterocycles. The van der Waals surface area contributed by atoms with Crippen molar-refractivity contribution in [3.05, 3.63) is 0 Å². The smallest absolute Gasteiger partial charge is 0.00977 e. The highest BCUT2D eigenvalue weighted by atomic mass is 14.9. The zero-order chi connectivity index (χ0) is 12.6. The molecule has 0 aromatic carbocycles. The van der Waals surface area contributed by atoms with Gasteiger partial charge in [0, 0.05) is 6.04 Å². The summed E-state index contributed by atoms with van der Waals surface area (Å²) < 4.78 is 0. The Labute approximate surface area is 103 Å². The van der Waals surface area contributed by atoms with Crippen molar-refractivity contribution in [2.24, 2.45) is 17.8 Å². The molecule has 1 N–H and O–H groups in total. The summed E-state index contributed by atoms with van der Waals surface area (Å²) in [6.07, 6.45) is 5.24. The average molecular weight is 227 g/mol. The minimum absolute atomic E-state index is 0.713. The van der Waals surface area contributed by atoms with E-state index in [0.29, 0.717) is 6.04 Å². The Morgan fingerprint density at radius 3 is 1.88 bits per heavy atom. The first-order chi connectivity index (χ1) is 7.56. The van der Waals surface area contributed by atoms with Gasteiger partial charge in [0.15, 0.2) is 0 Å². The van der Waals surface area contributed by atoms with Crippen molar-refractivity contribution in [2.75, 3.05) is 6.54 Å². The van der Waals surface area contributed by atoms with E-state index in [-0.39, 0.29) is 0 Å². The summed E-state index contributed by atoms with van der Waals surface area (Å²) in [6.45, 7) is 15.2. The first-order valence-corrected chi connectivity index (χ1v) is 7.30. The highest BCUT2D eigenvalue weighted by Gasteiger charge is 2.21. The van der Waals surface area contributed by atoms with Gasteiger partial charge in [0.2, 0.25) is 0 Å². The highest BCUT2D eigenvalue weighted by Crippen LogP contribution is 2.23. The van der Waals surface area contributed by atoms with E-state index in [0.717, 1.165) is 17.8 Å².